The van der Waals surface area contributed by atoms with Crippen molar-refractivity contribution in [2.24, 2.45) is 0 Å². The lowest BCUT2D eigenvalue weighted by atomic mass is 9.88. The highest BCUT2D eigenvalue weighted by Gasteiger charge is 2.32. The lowest BCUT2D eigenvalue weighted by Gasteiger charge is -2.32. The third kappa shape index (κ3) is 4.98. The first kappa shape index (κ1) is 20.0. The van der Waals surface area contributed by atoms with E-state index in [-0.39, 0.29) is 12.4 Å². The van der Waals surface area contributed by atoms with Gasteiger partial charge in [0.2, 0.25) is 0 Å². The van der Waals surface area contributed by atoms with Crippen LogP contribution >= 0.6 is 11.8 Å². The highest BCUT2D eigenvalue weighted by atomic mass is 35.5. The zero-order valence-corrected chi connectivity index (χ0v) is 15.9. The third-order valence-electron chi connectivity index (χ3n) is 3.94. The molecule has 0 saturated carbocycles. The number of nitrogens with one attached hydrogen (secondary N) is 1. The minimum atomic E-state index is -0.420. The molecule has 1 atom stereocenters. The summed E-state index contributed by atoms with van der Waals surface area (Å²) in [5, 5.41) is 0. The van der Waals surface area contributed by atoms with E-state index in [1.807, 2.05) is 6.07 Å². The molecule has 126 valence electrons. The average molecular weight is 352 g/mol. The van der Waals surface area contributed by atoms with E-state index in [0.717, 1.165) is 13.2 Å². The Balaban J connectivity index is 0.00000264. The summed E-state index contributed by atoms with van der Waals surface area (Å²) in [7, 11) is 4.30. The summed E-state index contributed by atoms with van der Waals surface area (Å²) >= 11 is 1.77. The summed E-state index contributed by atoms with van der Waals surface area (Å²) in [6.07, 6.45) is 2.12. The summed E-state index contributed by atoms with van der Waals surface area (Å²) < 4.78 is 6.42. The van der Waals surface area contributed by atoms with Crippen LogP contribution in [0.4, 0.5) is 0 Å². The highest BCUT2D eigenvalue weighted by Crippen LogP contribution is 2.38. The van der Waals surface area contributed by atoms with Crippen LogP contribution in [0.2, 0.25) is 0 Å². The van der Waals surface area contributed by atoms with Crippen LogP contribution in [0.15, 0.2) is 59.5 Å². The van der Waals surface area contributed by atoms with Crippen molar-refractivity contribution in [1.82, 2.24) is 0 Å². The maximum atomic E-state index is 6.42. The first-order valence-electron chi connectivity index (χ1n) is 7.70. The lowest BCUT2D eigenvalue weighted by molar-refractivity contribution is -0.859. The second kappa shape index (κ2) is 9.33. The molecular formula is C19H26ClNOS. The van der Waals surface area contributed by atoms with Gasteiger partial charge < -0.3 is 22.0 Å². The van der Waals surface area contributed by atoms with Crippen molar-refractivity contribution in [3.05, 3.63) is 65.7 Å². The van der Waals surface area contributed by atoms with Crippen LogP contribution < -0.4 is 17.3 Å². The number of ether oxygens (including phenoxy) is 1. The van der Waals surface area contributed by atoms with Crippen LogP contribution in [-0.4, -0.2) is 33.5 Å². The molecule has 4 heteroatoms. The van der Waals surface area contributed by atoms with Gasteiger partial charge in [-0.25, -0.2) is 0 Å². The predicted molar refractivity (Wildman–Crippen MR) is 94.7 cm³/mol. The Hall–Kier alpha value is -1.00. The molecule has 0 radical (unpaired) electrons. The Morgan fingerprint density at radius 2 is 1.61 bits per heavy atom. The van der Waals surface area contributed by atoms with Crippen LogP contribution in [-0.2, 0) is 10.3 Å². The topological polar surface area (TPSA) is 13.7 Å². The predicted octanol–water partition coefficient (Wildman–Crippen LogP) is -0.163. The van der Waals surface area contributed by atoms with Gasteiger partial charge in [-0.1, -0.05) is 48.5 Å². The molecular weight excluding hydrogens is 326 g/mol. The van der Waals surface area contributed by atoms with Crippen molar-refractivity contribution < 1.29 is 22.0 Å². The molecule has 0 aliphatic rings. The Kier molecular flexibility index (Phi) is 8.13. The summed E-state index contributed by atoms with van der Waals surface area (Å²) in [4.78, 5) is 2.67. The Labute approximate surface area is 150 Å². The maximum absolute atomic E-state index is 6.42. The normalized spacial score (nSPS) is 13.4. The van der Waals surface area contributed by atoms with Gasteiger partial charge in [-0.05, 0) is 24.8 Å². The van der Waals surface area contributed by atoms with E-state index in [2.05, 4.69) is 75.8 Å². The zero-order valence-electron chi connectivity index (χ0n) is 14.3. The van der Waals surface area contributed by atoms with Crippen LogP contribution in [0.3, 0.4) is 0 Å². The molecule has 1 unspecified atom stereocenters. The van der Waals surface area contributed by atoms with Gasteiger partial charge in [-0.15, -0.1) is 11.8 Å². The molecule has 0 amide bonds. The largest absolute Gasteiger partial charge is 1.00 e. The van der Waals surface area contributed by atoms with E-state index in [9.17, 15) is 0 Å². The summed E-state index contributed by atoms with van der Waals surface area (Å²) in [6.45, 7) is 3.91. The molecule has 0 fully saturated rings. The summed E-state index contributed by atoms with van der Waals surface area (Å²) in [5.41, 5.74) is 2.02. The van der Waals surface area contributed by atoms with Gasteiger partial charge >= 0.3 is 0 Å². The van der Waals surface area contributed by atoms with Gasteiger partial charge in [0.05, 0.1) is 20.7 Å². The van der Waals surface area contributed by atoms with Gasteiger partial charge in [0.1, 0.15) is 12.1 Å². The van der Waals surface area contributed by atoms with Gasteiger partial charge in [0.15, 0.2) is 0 Å². The first-order valence-corrected chi connectivity index (χ1v) is 8.92. The molecule has 0 saturated heterocycles. The molecule has 0 aromatic heterocycles. The standard InChI is InChI=1S/C19H25NOS.ClH/c1-19(21-15-14-20(2)3,16-10-6-5-7-11-16)17-12-8-9-13-18(17)22-4;/h5-13H,14-15H2,1-4H3;1H. The first-order chi connectivity index (χ1) is 10.6. The van der Waals surface area contributed by atoms with Gasteiger partial charge in [0, 0.05) is 10.5 Å². The van der Waals surface area contributed by atoms with Gasteiger partial charge in [-0.2, -0.15) is 0 Å². The van der Waals surface area contributed by atoms with Crippen molar-refractivity contribution in [2.45, 2.75) is 17.4 Å². The number of hydrogen-bond donors (Lipinski definition) is 1. The second-order valence-electron chi connectivity index (χ2n) is 5.91. The number of benzene rings is 2. The molecule has 2 nitrogen and oxygen atoms in total. The number of hydrogen-bond acceptors (Lipinski definition) is 2. The molecule has 2 aromatic rings. The maximum Gasteiger partial charge on any atom is 0.117 e. The SMILES string of the molecule is CSc1ccccc1C(C)(OCC[NH+](C)C)c1ccccc1.[Cl-]. The molecule has 23 heavy (non-hydrogen) atoms. The molecule has 0 heterocycles. The summed E-state index contributed by atoms with van der Waals surface area (Å²) in [6, 6.07) is 19.0. The van der Waals surface area contributed by atoms with Crippen LogP contribution in [0.1, 0.15) is 18.1 Å². The Bertz CT molecular complexity index is 591. The molecule has 2 rings (SSSR count). The zero-order chi connectivity index (χ0) is 16.0. The fraction of sp³-hybridized carbons (Fsp3) is 0.368. The molecule has 0 bridgehead atoms. The Morgan fingerprint density at radius 1 is 1.00 bits per heavy atom. The third-order valence-corrected chi connectivity index (χ3v) is 4.73. The van der Waals surface area contributed by atoms with Crippen LogP contribution in [0, 0.1) is 0 Å². The molecule has 1 N–H and O–H groups in total. The quantitative estimate of drug-likeness (QED) is 0.696. The lowest BCUT2D eigenvalue weighted by Crippen LogP contribution is -3.06. The average Bonchev–Trinajstić information content (AvgIpc) is 2.55. The fourth-order valence-corrected chi connectivity index (χ4v) is 3.27. The van der Waals surface area contributed by atoms with Crippen molar-refractivity contribution in [3.8, 4) is 0 Å². The van der Waals surface area contributed by atoms with E-state index < -0.39 is 5.60 Å². The second-order valence-corrected chi connectivity index (χ2v) is 6.75. The number of likely N-dealkylation sites (N-methyl/N-ethyl adjacent to an activating group) is 1. The van der Waals surface area contributed by atoms with Crippen LogP contribution in [0.5, 0.6) is 0 Å². The van der Waals surface area contributed by atoms with Crippen molar-refractivity contribution >= 4 is 11.8 Å². The molecule has 0 spiro atoms. The number of thioether (sulfide) groups is 1. The van der Waals surface area contributed by atoms with Crippen molar-refractivity contribution in [1.29, 1.82) is 0 Å². The number of quaternary nitrogens is 1. The fourth-order valence-electron chi connectivity index (χ4n) is 2.57. The highest BCUT2D eigenvalue weighted by molar-refractivity contribution is 7.98. The van der Waals surface area contributed by atoms with E-state index in [1.165, 1.54) is 20.9 Å². The molecule has 2 aromatic carbocycles. The smallest absolute Gasteiger partial charge is 0.117 e. The minimum absolute atomic E-state index is 0. The Morgan fingerprint density at radius 3 is 2.22 bits per heavy atom. The van der Waals surface area contributed by atoms with Crippen molar-refractivity contribution in [2.75, 3.05) is 33.5 Å². The van der Waals surface area contributed by atoms with Gasteiger partial charge in [-0.3, -0.25) is 0 Å². The molecule has 0 aliphatic heterocycles. The van der Waals surface area contributed by atoms with E-state index >= 15 is 0 Å². The monoisotopic (exact) mass is 351 g/mol. The molecule has 0 aliphatic carbocycles. The minimum Gasteiger partial charge on any atom is -1.00 e. The van der Waals surface area contributed by atoms with E-state index in [0.29, 0.717) is 0 Å². The van der Waals surface area contributed by atoms with Crippen LogP contribution in [0.25, 0.3) is 0 Å². The van der Waals surface area contributed by atoms with E-state index in [4.69, 9.17) is 4.74 Å². The van der Waals surface area contributed by atoms with Crippen molar-refractivity contribution in [3.63, 3.8) is 0 Å². The number of halogens is 1. The number of rotatable bonds is 7. The van der Waals surface area contributed by atoms with Gasteiger partial charge in [0.25, 0.3) is 0 Å². The summed E-state index contributed by atoms with van der Waals surface area (Å²) in [5.74, 6) is 0. The van der Waals surface area contributed by atoms with E-state index in [1.54, 1.807) is 11.8 Å².